The van der Waals surface area contributed by atoms with Crippen LogP contribution in [0.5, 0.6) is 0 Å². The number of hydrogen-bond donors (Lipinski definition) is 0. The molecule has 1 unspecified atom stereocenters. The Morgan fingerprint density at radius 3 is 2.48 bits per heavy atom. The summed E-state index contributed by atoms with van der Waals surface area (Å²) in [4.78, 5) is 11.4. The molecule has 0 aliphatic heterocycles. The van der Waals surface area contributed by atoms with Gasteiger partial charge in [0.25, 0.3) is 0 Å². The summed E-state index contributed by atoms with van der Waals surface area (Å²) in [7, 11) is 0. The lowest BCUT2D eigenvalue weighted by Crippen LogP contribution is -2.13. The molecule has 1 atom stereocenters. The molecule has 5 heteroatoms. The SMILES string of the molecule is CCCCCC(=O)OCC(C)SCCCCCCC(F)F. The molecule has 2 nitrogen and oxygen atoms in total. The fraction of sp³-hybridized carbons (Fsp3) is 0.938. The van der Waals surface area contributed by atoms with Crippen molar-refractivity contribution in [1.29, 1.82) is 0 Å². The van der Waals surface area contributed by atoms with E-state index in [0.29, 0.717) is 24.7 Å². The molecule has 0 fully saturated rings. The van der Waals surface area contributed by atoms with Crippen molar-refractivity contribution in [1.82, 2.24) is 0 Å². The minimum Gasteiger partial charge on any atom is -0.465 e. The monoisotopic (exact) mass is 324 g/mol. The first-order chi connectivity index (χ1) is 10.1. The molecule has 0 aromatic carbocycles. The third-order valence-electron chi connectivity index (χ3n) is 3.18. The summed E-state index contributed by atoms with van der Waals surface area (Å²) in [5, 5.41) is 0.307. The highest BCUT2D eigenvalue weighted by atomic mass is 32.2. The molecule has 0 amide bonds. The highest BCUT2D eigenvalue weighted by molar-refractivity contribution is 7.99. The predicted octanol–water partition coefficient (Wildman–Crippen LogP) is 5.45. The Labute approximate surface area is 132 Å². The van der Waals surface area contributed by atoms with E-state index in [1.807, 2.05) is 0 Å². The molecule has 0 aromatic heterocycles. The molecule has 126 valence electrons. The number of hydrogen-bond acceptors (Lipinski definition) is 3. The van der Waals surface area contributed by atoms with Crippen LogP contribution in [-0.2, 0) is 9.53 Å². The second-order valence-corrected chi connectivity index (χ2v) is 6.96. The van der Waals surface area contributed by atoms with Gasteiger partial charge >= 0.3 is 5.97 Å². The maximum atomic E-state index is 11.9. The van der Waals surface area contributed by atoms with E-state index >= 15 is 0 Å². The molecule has 0 bridgehead atoms. The molecule has 0 rings (SSSR count). The molecule has 0 aliphatic carbocycles. The molecule has 0 saturated heterocycles. The summed E-state index contributed by atoms with van der Waals surface area (Å²) in [5.74, 6) is 0.909. The van der Waals surface area contributed by atoms with E-state index in [9.17, 15) is 13.6 Å². The molecule has 0 heterocycles. The Hall–Kier alpha value is -0.320. The van der Waals surface area contributed by atoms with E-state index in [4.69, 9.17) is 4.74 Å². The fourth-order valence-corrected chi connectivity index (χ4v) is 2.83. The Kier molecular flexibility index (Phi) is 14.4. The Bertz CT molecular complexity index is 250. The standard InChI is InChI=1S/C16H30F2O2S/c1-3-4-7-11-16(19)20-13-14(2)21-12-9-6-5-8-10-15(17)18/h14-15H,3-13H2,1-2H3. The van der Waals surface area contributed by atoms with Gasteiger partial charge in [0.05, 0.1) is 0 Å². The van der Waals surface area contributed by atoms with Gasteiger partial charge in [-0.3, -0.25) is 4.79 Å². The number of rotatable bonds is 14. The van der Waals surface area contributed by atoms with Gasteiger partial charge in [-0.1, -0.05) is 32.6 Å². The van der Waals surface area contributed by atoms with E-state index in [0.717, 1.165) is 44.3 Å². The first-order valence-corrected chi connectivity index (χ1v) is 9.16. The number of esters is 1. The maximum absolute atomic E-state index is 11.9. The summed E-state index contributed by atoms with van der Waals surface area (Å²) < 4.78 is 29.1. The fourth-order valence-electron chi connectivity index (χ4n) is 1.89. The average Bonchev–Trinajstić information content (AvgIpc) is 2.44. The summed E-state index contributed by atoms with van der Waals surface area (Å²) >= 11 is 1.79. The van der Waals surface area contributed by atoms with Gasteiger partial charge in [-0.25, -0.2) is 8.78 Å². The van der Waals surface area contributed by atoms with Crippen LogP contribution in [0.3, 0.4) is 0 Å². The van der Waals surface area contributed by atoms with Gasteiger partial charge in [0, 0.05) is 18.1 Å². The van der Waals surface area contributed by atoms with Crippen molar-refractivity contribution in [3.8, 4) is 0 Å². The third-order valence-corrected chi connectivity index (χ3v) is 4.41. The van der Waals surface area contributed by atoms with Crippen LogP contribution in [0.15, 0.2) is 0 Å². The van der Waals surface area contributed by atoms with Crippen LogP contribution in [0.2, 0.25) is 0 Å². The van der Waals surface area contributed by atoms with Crippen molar-refractivity contribution >= 4 is 17.7 Å². The molecule has 0 N–H and O–H groups in total. The van der Waals surface area contributed by atoms with Gasteiger partial charge in [0.1, 0.15) is 6.61 Å². The van der Waals surface area contributed by atoms with Gasteiger partial charge in [-0.05, 0) is 31.9 Å². The topological polar surface area (TPSA) is 26.3 Å². The molecule has 21 heavy (non-hydrogen) atoms. The van der Waals surface area contributed by atoms with Crippen molar-refractivity contribution < 1.29 is 18.3 Å². The van der Waals surface area contributed by atoms with E-state index < -0.39 is 6.43 Å². The minimum absolute atomic E-state index is 0.0253. The molecular formula is C16H30F2O2S. The predicted molar refractivity (Wildman–Crippen MR) is 86.1 cm³/mol. The number of alkyl halides is 2. The van der Waals surface area contributed by atoms with Crippen LogP contribution in [0.4, 0.5) is 8.78 Å². The van der Waals surface area contributed by atoms with Crippen molar-refractivity contribution in [2.45, 2.75) is 83.3 Å². The lowest BCUT2D eigenvalue weighted by molar-refractivity contribution is -0.143. The summed E-state index contributed by atoms with van der Waals surface area (Å²) in [6.07, 6.45) is 5.03. The van der Waals surface area contributed by atoms with E-state index in [1.165, 1.54) is 0 Å². The molecular weight excluding hydrogens is 294 g/mol. The highest BCUT2D eigenvalue weighted by Crippen LogP contribution is 2.16. The van der Waals surface area contributed by atoms with Crippen LogP contribution in [0, 0.1) is 0 Å². The van der Waals surface area contributed by atoms with Crippen molar-refractivity contribution in [3.05, 3.63) is 0 Å². The van der Waals surface area contributed by atoms with E-state index in [1.54, 1.807) is 11.8 Å². The van der Waals surface area contributed by atoms with Crippen molar-refractivity contribution in [2.75, 3.05) is 12.4 Å². The zero-order valence-corrected chi connectivity index (χ0v) is 14.2. The maximum Gasteiger partial charge on any atom is 0.305 e. The molecule has 0 aromatic rings. The lowest BCUT2D eigenvalue weighted by Gasteiger charge is -2.12. The van der Waals surface area contributed by atoms with Crippen LogP contribution >= 0.6 is 11.8 Å². The van der Waals surface area contributed by atoms with Crippen molar-refractivity contribution in [3.63, 3.8) is 0 Å². The summed E-state index contributed by atoms with van der Waals surface area (Å²) in [6, 6.07) is 0. The Morgan fingerprint density at radius 1 is 1.10 bits per heavy atom. The molecule has 0 radical (unpaired) electrons. The normalized spacial score (nSPS) is 12.6. The van der Waals surface area contributed by atoms with Gasteiger partial charge < -0.3 is 4.74 Å². The first kappa shape index (κ1) is 20.7. The Morgan fingerprint density at radius 2 is 1.81 bits per heavy atom. The second-order valence-electron chi connectivity index (χ2n) is 5.42. The zero-order chi connectivity index (χ0) is 15.9. The summed E-state index contributed by atoms with van der Waals surface area (Å²) in [6.45, 7) is 4.64. The van der Waals surface area contributed by atoms with Gasteiger partial charge in [0.15, 0.2) is 0 Å². The molecule has 0 aliphatic rings. The second kappa shape index (κ2) is 14.6. The van der Waals surface area contributed by atoms with E-state index in [2.05, 4.69) is 13.8 Å². The average molecular weight is 324 g/mol. The zero-order valence-electron chi connectivity index (χ0n) is 13.4. The number of unbranched alkanes of at least 4 members (excludes halogenated alkanes) is 5. The minimum atomic E-state index is -2.16. The van der Waals surface area contributed by atoms with Gasteiger partial charge in [0.2, 0.25) is 6.43 Å². The van der Waals surface area contributed by atoms with Crippen LogP contribution in [0.25, 0.3) is 0 Å². The van der Waals surface area contributed by atoms with Gasteiger partial charge in [-0.15, -0.1) is 0 Å². The van der Waals surface area contributed by atoms with Crippen LogP contribution < -0.4 is 0 Å². The molecule has 0 saturated carbocycles. The lowest BCUT2D eigenvalue weighted by atomic mass is 10.2. The number of halogens is 2. The van der Waals surface area contributed by atoms with E-state index in [-0.39, 0.29) is 12.4 Å². The number of thioether (sulfide) groups is 1. The first-order valence-electron chi connectivity index (χ1n) is 8.11. The number of carbonyl (C=O) groups is 1. The summed E-state index contributed by atoms with van der Waals surface area (Å²) in [5.41, 5.74) is 0. The molecule has 0 spiro atoms. The van der Waals surface area contributed by atoms with Crippen LogP contribution in [0.1, 0.15) is 71.6 Å². The largest absolute Gasteiger partial charge is 0.465 e. The quantitative estimate of drug-likeness (QED) is 0.314. The smallest absolute Gasteiger partial charge is 0.305 e. The highest BCUT2D eigenvalue weighted by Gasteiger charge is 2.07. The third kappa shape index (κ3) is 15.9. The number of ether oxygens (including phenoxy) is 1. The van der Waals surface area contributed by atoms with Crippen LogP contribution in [-0.4, -0.2) is 30.0 Å². The number of carbonyl (C=O) groups excluding carboxylic acids is 1. The Balaban J connectivity index is 3.33. The van der Waals surface area contributed by atoms with Gasteiger partial charge in [-0.2, -0.15) is 11.8 Å². The van der Waals surface area contributed by atoms with Crippen molar-refractivity contribution in [2.24, 2.45) is 0 Å².